The molecule has 14 heavy (non-hydrogen) atoms. The second-order valence-corrected chi connectivity index (χ2v) is 2.92. The van der Waals surface area contributed by atoms with Crippen LogP contribution in [0.1, 0.15) is 25.2 Å². The molecule has 0 aliphatic carbocycles. The molecule has 3 N–H and O–H groups in total. The van der Waals surface area contributed by atoms with Crippen molar-refractivity contribution < 1.29 is 9.21 Å². The van der Waals surface area contributed by atoms with Crippen LogP contribution in [0, 0.1) is 6.92 Å². The molecule has 0 bridgehead atoms. The van der Waals surface area contributed by atoms with Crippen LogP contribution in [0.25, 0.3) is 0 Å². The van der Waals surface area contributed by atoms with E-state index in [-0.39, 0.29) is 11.9 Å². The summed E-state index contributed by atoms with van der Waals surface area (Å²) in [5.74, 6) is 0.310. The number of aromatic nitrogens is 2. The van der Waals surface area contributed by atoms with Gasteiger partial charge in [-0.05, 0) is 19.4 Å². The summed E-state index contributed by atoms with van der Waals surface area (Å²) in [4.78, 5) is 11.2. The van der Waals surface area contributed by atoms with Gasteiger partial charge < -0.3 is 10.2 Å². The largest absolute Gasteiger partial charge is 0.408 e. The van der Waals surface area contributed by atoms with E-state index in [4.69, 9.17) is 10.2 Å². The topological polar surface area (TPSA) is 94.0 Å². The van der Waals surface area contributed by atoms with Crippen LogP contribution in [0.2, 0.25) is 0 Å². The first-order valence-corrected chi connectivity index (χ1v) is 4.52. The highest BCUT2D eigenvalue weighted by atomic mass is 16.4. The number of anilines is 1. The Labute approximate surface area is 81.9 Å². The van der Waals surface area contributed by atoms with Gasteiger partial charge in [0, 0.05) is 13.3 Å². The van der Waals surface area contributed by atoms with Gasteiger partial charge in [0.2, 0.25) is 11.8 Å². The van der Waals surface area contributed by atoms with Crippen LogP contribution in [-0.4, -0.2) is 22.6 Å². The molecule has 0 saturated heterocycles. The maximum absolute atomic E-state index is 11.2. The average Bonchev–Trinajstić information content (AvgIpc) is 2.52. The van der Waals surface area contributed by atoms with Crippen LogP contribution in [0.3, 0.4) is 0 Å². The highest BCUT2D eigenvalue weighted by molar-refractivity contribution is 5.88. The Hall–Kier alpha value is -1.43. The zero-order valence-corrected chi connectivity index (χ0v) is 8.12. The maximum Gasteiger partial charge on any atom is 0.322 e. The van der Waals surface area contributed by atoms with Crippen molar-refractivity contribution in [2.45, 2.75) is 26.2 Å². The molecule has 1 aromatic rings. The second-order valence-electron chi connectivity index (χ2n) is 2.92. The standard InChI is InChI=1S/C8H14N4O2/c1-6-11-12-8(14-6)10-7(13)4-2-3-5-9/h2-5,9H2,1H3,(H,10,12,13). The number of carbonyl (C=O) groups excluding carboxylic acids is 1. The Morgan fingerprint density at radius 1 is 1.50 bits per heavy atom. The minimum absolute atomic E-state index is 0.123. The Balaban J connectivity index is 2.27. The van der Waals surface area contributed by atoms with Gasteiger partial charge in [-0.1, -0.05) is 5.10 Å². The molecular formula is C8H14N4O2. The van der Waals surface area contributed by atoms with Crippen molar-refractivity contribution in [3.8, 4) is 0 Å². The molecule has 0 fully saturated rings. The lowest BCUT2D eigenvalue weighted by Crippen LogP contribution is -2.12. The molecular weight excluding hydrogens is 184 g/mol. The molecule has 0 radical (unpaired) electrons. The van der Waals surface area contributed by atoms with Gasteiger partial charge >= 0.3 is 6.01 Å². The predicted molar refractivity (Wildman–Crippen MR) is 50.6 cm³/mol. The molecule has 1 amide bonds. The predicted octanol–water partition coefficient (Wildman–Crippen LogP) is 0.446. The summed E-state index contributed by atoms with van der Waals surface area (Å²) in [6, 6.07) is 0.153. The molecule has 1 heterocycles. The molecule has 0 saturated carbocycles. The molecule has 0 unspecified atom stereocenters. The summed E-state index contributed by atoms with van der Waals surface area (Å²) < 4.78 is 4.98. The number of nitrogens with one attached hydrogen (secondary N) is 1. The van der Waals surface area contributed by atoms with Gasteiger partial charge in [-0.2, -0.15) is 0 Å². The first-order valence-electron chi connectivity index (χ1n) is 4.52. The molecule has 0 aliphatic rings. The van der Waals surface area contributed by atoms with E-state index in [1.54, 1.807) is 6.92 Å². The fourth-order valence-electron chi connectivity index (χ4n) is 0.959. The van der Waals surface area contributed by atoms with Crippen LogP contribution in [0.4, 0.5) is 6.01 Å². The summed E-state index contributed by atoms with van der Waals surface area (Å²) in [5.41, 5.74) is 5.30. The minimum Gasteiger partial charge on any atom is -0.408 e. The number of hydrogen-bond donors (Lipinski definition) is 2. The number of unbranched alkanes of at least 4 members (excludes halogenated alkanes) is 1. The van der Waals surface area contributed by atoms with E-state index in [9.17, 15) is 4.79 Å². The lowest BCUT2D eigenvalue weighted by molar-refractivity contribution is -0.116. The summed E-state index contributed by atoms with van der Waals surface area (Å²) in [5, 5.41) is 9.73. The number of carbonyl (C=O) groups is 1. The number of nitrogens with two attached hydrogens (primary N) is 1. The normalized spacial score (nSPS) is 10.1. The fraction of sp³-hybridized carbons (Fsp3) is 0.625. The third-order valence-corrected chi connectivity index (χ3v) is 1.63. The van der Waals surface area contributed by atoms with Gasteiger partial charge in [-0.15, -0.1) is 5.10 Å². The van der Waals surface area contributed by atoms with Crippen LogP contribution in [0.15, 0.2) is 4.42 Å². The quantitative estimate of drug-likeness (QED) is 0.670. The monoisotopic (exact) mass is 198 g/mol. The van der Waals surface area contributed by atoms with Crippen molar-refractivity contribution in [2.24, 2.45) is 5.73 Å². The Kier molecular flexibility index (Phi) is 4.06. The molecule has 0 aromatic carbocycles. The minimum atomic E-state index is -0.123. The van der Waals surface area contributed by atoms with E-state index < -0.39 is 0 Å². The molecule has 1 rings (SSSR count). The van der Waals surface area contributed by atoms with E-state index in [2.05, 4.69) is 15.5 Å². The van der Waals surface area contributed by atoms with Crippen molar-refractivity contribution >= 4 is 11.9 Å². The molecule has 1 aromatic heterocycles. The Morgan fingerprint density at radius 3 is 2.86 bits per heavy atom. The van der Waals surface area contributed by atoms with Crippen molar-refractivity contribution in [1.82, 2.24) is 10.2 Å². The van der Waals surface area contributed by atoms with Crippen molar-refractivity contribution in [3.05, 3.63) is 5.89 Å². The first-order chi connectivity index (χ1) is 6.72. The van der Waals surface area contributed by atoms with Crippen LogP contribution in [0.5, 0.6) is 0 Å². The Morgan fingerprint density at radius 2 is 2.29 bits per heavy atom. The van der Waals surface area contributed by atoms with E-state index in [1.165, 1.54) is 0 Å². The lowest BCUT2D eigenvalue weighted by atomic mass is 10.2. The zero-order chi connectivity index (χ0) is 10.4. The number of rotatable bonds is 5. The lowest BCUT2D eigenvalue weighted by Gasteiger charge is -1.98. The summed E-state index contributed by atoms with van der Waals surface area (Å²) in [6.07, 6.45) is 2.05. The highest BCUT2D eigenvalue weighted by Gasteiger charge is 2.06. The van der Waals surface area contributed by atoms with Crippen molar-refractivity contribution in [2.75, 3.05) is 11.9 Å². The highest BCUT2D eigenvalue weighted by Crippen LogP contribution is 2.05. The van der Waals surface area contributed by atoms with Gasteiger partial charge in [-0.3, -0.25) is 10.1 Å². The number of amides is 1. The van der Waals surface area contributed by atoms with Gasteiger partial charge in [0.05, 0.1) is 0 Å². The van der Waals surface area contributed by atoms with E-state index in [0.717, 1.165) is 12.8 Å². The van der Waals surface area contributed by atoms with Gasteiger partial charge in [-0.25, -0.2) is 0 Å². The summed E-state index contributed by atoms with van der Waals surface area (Å²) in [7, 11) is 0. The van der Waals surface area contributed by atoms with Gasteiger partial charge in [0.25, 0.3) is 0 Å². The molecule has 0 spiro atoms. The SMILES string of the molecule is Cc1nnc(NC(=O)CCCCN)o1. The second kappa shape index (κ2) is 5.33. The first kappa shape index (κ1) is 10.6. The molecule has 0 aliphatic heterocycles. The maximum atomic E-state index is 11.2. The number of hydrogen-bond acceptors (Lipinski definition) is 5. The molecule has 0 atom stereocenters. The van der Waals surface area contributed by atoms with Gasteiger partial charge in [0.1, 0.15) is 0 Å². The van der Waals surface area contributed by atoms with E-state index in [0.29, 0.717) is 18.9 Å². The van der Waals surface area contributed by atoms with Crippen LogP contribution >= 0.6 is 0 Å². The number of nitrogens with zero attached hydrogens (tertiary/aromatic N) is 2. The van der Waals surface area contributed by atoms with Crippen LogP contribution < -0.4 is 11.1 Å². The third kappa shape index (κ3) is 3.53. The third-order valence-electron chi connectivity index (χ3n) is 1.63. The fourth-order valence-corrected chi connectivity index (χ4v) is 0.959. The summed E-state index contributed by atoms with van der Waals surface area (Å²) >= 11 is 0. The molecule has 6 nitrogen and oxygen atoms in total. The molecule has 6 heteroatoms. The number of aryl methyl sites for hydroxylation is 1. The van der Waals surface area contributed by atoms with Crippen LogP contribution in [-0.2, 0) is 4.79 Å². The van der Waals surface area contributed by atoms with Gasteiger partial charge in [0.15, 0.2) is 0 Å². The Bertz CT molecular complexity index is 297. The van der Waals surface area contributed by atoms with Crippen molar-refractivity contribution in [1.29, 1.82) is 0 Å². The van der Waals surface area contributed by atoms with E-state index in [1.807, 2.05) is 0 Å². The average molecular weight is 198 g/mol. The van der Waals surface area contributed by atoms with E-state index >= 15 is 0 Å². The summed E-state index contributed by atoms with van der Waals surface area (Å²) in [6.45, 7) is 2.27. The zero-order valence-electron chi connectivity index (χ0n) is 8.12. The molecule has 78 valence electrons. The van der Waals surface area contributed by atoms with Crippen molar-refractivity contribution in [3.63, 3.8) is 0 Å². The smallest absolute Gasteiger partial charge is 0.322 e.